The van der Waals surface area contributed by atoms with Gasteiger partial charge in [0.05, 0.1) is 5.56 Å². The summed E-state index contributed by atoms with van der Waals surface area (Å²) in [6, 6.07) is 13.0. The van der Waals surface area contributed by atoms with Gasteiger partial charge in [-0.2, -0.15) is 0 Å². The molecular weight excluding hydrogens is 392 g/mol. The fourth-order valence-corrected chi connectivity index (χ4v) is 9.01. The van der Waals surface area contributed by atoms with Crippen LogP contribution < -0.4 is 0 Å². The molecule has 5 aliphatic rings. The molecule has 0 N–H and O–H groups in total. The van der Waals surface area contributed by atoms with Gasteiger partial charge >= 0.3 is 5.97 Å². The largest absolute Gasteiger partial charge is 0.455 e. The van der Waals surface area contributed by atoms with Crippen molar-refractivity contribution in [1.82, 2.24) is 0 Å². The summed E-state index contributed by atoms with van der Waals surface area (Å²) in [6.45, 7) is 2.16. The molecule has 0 radical (unpaired) electrons. The molecule has 7 rings (SSSR count). The lowest BCUT2D eigenvalue weighted by atomic mass is 9.67. The Balaban J connectivity index is 1.23. The van der Waals surface area contributed by atoms with Crippen LogP contribution in [0.5, 0.6) is 0 Å². The van der Waals surface area contributed by atoms with Crippen LogP contribution in [0.3, 0.4) is 0 Å². The van der Waals surface area contributed by atoms with Gasteiger partial charge in [0.1, 0.15) is 5.60 Å². The third kappa shape index (κ3) is 2.62. The lowest BCUT2D eigenvalue weighted by molar-refractivity contribution is -0.0170. The average Bonchev–Trinajstić information content (AvgIpc) is 3.64. The number of esters is 1. The van der Waals surface area contributed by atoms with Gasteiger partial charge < -0.3 is 4.74 Å². The number of ether oxygens (including phenoxy) is 1. The lowest BCUT2D eigenvalue weighted by Gasteiger charge is -2.37. The van der Waals surface area contributed by atoms with E-state index in [0.29, 0.717) is 5.92 Å². The topological polar surface area (TPSA) is 26.3 Å². The van der Waals surface area contributed by atoms with Gasteiger partial charge in [-0.3, -0.25) is 0 Å². The molecule has 0 saturated heterocycles. The van der Waals surface area contributed by atoms with E-state index in [1.807, 2.05) is 6.07 Å². The molecule has 2 aromatic carbocycles. The van der Waals surface area contributed by atoms with Crippen molar-refractivity contribution in [2.24, 2.45) is 35.5 Å². The van der Waals surface area contributed by atoms with Gasteiger partial charge in [0.2, 0.25) is 0 Å². The molecule has 32 heavy (non-hydrogen) atoms. The maximum Gasteiger partial charge on any atom is 0.339 e. The summed E-state index contributed by atoms with van der Waals surface area (Å²) in [5, 5.41) is 2.37. The van der Waals surface area contributed by atoms with Crippen LogP contribution in [-0.4, -0.2) is 11.6 Å². The molecule has 166 valence electrons. The summed E-state index contributed by atoms with van der Waals surface area (Å²) in [4.78, 5) is 13.3. The summed E-state index contributed by atoms with van der Waals surface area (Å²) in [5.41, 5.74) is 2.00. The van der Waals surface area contributed by atoms with Crippen LogP contribution in [0, 0.1) is 35.5 Å². The van der Waals surface area contributed by atoms with E-state index >= 15 is 0 Å². The van der Waals surface area contributed by atoms with Gasteiger partial charge in [0.25, 0.3) is 0 Å². The molecule has 4 saturated carbocycles. The van der Waals surface area contributed by atoms with Gasteiger partial charge in [0.15, 0.2) is 0 Å². The average molecular weight is 427 g/mol. The fraction of sp³-hybridized carbons (Fsp3) is 0.567. The fourth-order valence-electron chi connectivity index (χ4n) is 9.01. The van der Waals surface area contributed by atoms with Crippen molar-refractivity contribution in [3.05, 3.63) is 59.7 Å². The van der Waals surface area contributed by atoms with Crippen molar-refractivity contribution in [3.8, 4) is 0 Å². The minimum atomic E-state index is -0.244. The first kappa shape index (κ1) is 19.4. The number of carbonyl (C=O) groups excluding carboxylic acids is 1. The minimum Gasteiger partial charge on any atom is -0.455 e. The van der Waals surface area contributed by atoms with Crippen molar-refractivity contribution in [2.75, 3.05) is 0 Å². The number of carbonyl (C=O) groups is 1. The van der Waals surface area contributed by atoms with Crippen LogP contribution in [0.1, 0.15) is 80.1 Å². The highest BCUT2D eigenvalue weighted by molar-refractivity contribution is 6.05. The Hall–Kier alpha value is -2.09. The summed E-state index contributed by atoms with van der Waals surface area (Å²) >= 11 is 0. The van der Waals surface area contributed by atoms with E-state index in [2.05, 4.69) is 49.4 Å². The predicted molar refractivity (Wildman–Crippen MR) is 128 cm³/mol. The quantitative estimate of drug-likeness (QED) is 0.292. The molecule has 2 heteroatoms. The number of allylic oxidation sites excluding steroid dienone is 2. The van der Waals surface area contributed by atoms with E-state index in [-0.39, 0.29) is 11.6 Å². The number of fused-ring (bicyclic) bond motifs is 10. The van der Waals surface area contributed by atoms with Gasteiger partial charge in [-0.15, -0.1) is 0 Å². The number of rotatable bonds is 4. The second kappa shape index (κ2) is 6.95. The SMILES string of the molecule is CCC1(OC(=O)c2cccc3c(C4CC5CC4C4C6C=CC(C6)C54)cccc23)CCCC1. The Morgan fingerprint density at radius 2 is 1.69 bits per heavy atom. The van der Waals surface area contributed by atoms with Crippen molar-refractivity contribution >= 4 is 16.7 Å². The van der Waals surface area contributed by atoms with E-state index in [4.69, 9.17) is 4.74 Å². The molecule has 4 fully saturated rings. The van der Waals surface area contributed by atoms with Crippen LogP contribution in [0.2, 0.25) is 0 Å². The van der Waals surface area contributed by atoms with Crippen molar-refractivity contribution in [1.29, 1.82) is 0 Å². The number of benzene rings is 2. The monoisotopic (exact) mass is 426 g/mol. The van der Waals surface area contributed by atoms with Crippen LogP contribution in [0.4, 0.5) is 0 Å². The Morgan fingerprint density at radius 3 is 2.50 bits per heavy atom. The maximum atomic E-state index is 13.3. The zero-order valence-corrected chi connectivity index (χ0v) is 19.1. The van der Waals surface area contributed by atoms with Crippen LogP contribution in [0.15, 0.2) is 48.6 Å². The van der Waals surface area contributed by atoms with E-state index in [0.717, 1.165) is 65.7 Å². The molecule has 2 aromatic rings. The second-order valence-electron chi connectivity index (χ2n) is 11.5. The summed E-state index contributed by atoms with van der Waals surface area (Å²) < 4.78 is 6.20. The highest BCUT2D eigenvalue weighted by Gasteiger charge is 2.61. The summed E-state index contributed by atoms with van der Waals surface area (Å²) in [7, 11) is 0. The number of hydrogen-bond donors (Lipinski definition) is 0. The van der Waals surface area contributed by atoms with E-state index < -0.39 is 0 Å². The molecule has 7 atom stereocenters. The van der Waals surface area contributed by atoms with Crippen molar-refractivity contribution in [2.45, 2.75) is 69.8 Å². The Bertz CT molecular complexity index is 1110. The van der Waals surface area contributed by atoms with Crippen LogP contribution >= 0.6 is 0 Å². The first-order valence-electron chi connectivity index (χ1n) is 13.1. The van der Waals surface area contributed by atoms with Crippen molar-refractivity contribution in [3.63, 3.8) is 0 Å². The predicted octanol–water partition coefficient (Wildman–Crippen LogP) is 7.28. The van der Waals surface area contributed by atoms with E-state index in [1.54, 1.807) is 0 Å². The van der Waals surface area contributed by atoms with Crippen LogP contribution in [-0.2, 0) is 4.74 Å². The van der Waals surface area contributed by atoms with E-state index in [9.17, 15) is 4.79 Å². The molecule has 2 nitrogen and oxygen atoms in total. The van der Waals surface area contributed by atoms with E-state index in [1.165, 1.54) is 43.1 Å². The Kier molecular flexibility index (Phi) is 4.21. The molecule has 4 bridgehead atoms. The molecule has 0 aromatic heterocycles. The molecule has 5 aliphatic carbocycles. The first-order valence-corrected chi connectivity index (χ1v) is 13.1. The third-order valence-corrected chi connectivity index (χ3v) is 10.3. The minimum absolute atomic E-state index is 0.122. The van der Waals surface area contributed by atoms with Gasteiger partial charge in [0, 0.05) is 0 Å². The highest BCUT2D eigenvalue weighted by atomic mass is 16.6. The normalized spacial score (nSPS) is 38.0. The zero-order chi connectivity index (χ0) is 21.4. The van der Waals surface area contributed by atoms with Crippen molar-refractivity contribution < 1.29 is 9.53 Å². The van der Waals surface area contributed by atoms with Gasteiger partial charge in [-0.25, -0.2) is 4.79 Å². The first-order chi connectivity index (χ1) is 15.7. The zero-order valence-electron chi connectivity index (χ0n) is 19.1. The molecular formula is C30H34O2. The molecule has 0 heterocycles. The van der Waals surface area contributed by atoms with Crippen LogP contribution in [0.25, 0.3) is 10.8 Å². The third-order valence-electron chi connectivity index (χ3n) is 10.3. The maximum absolute atomic E-state index is 13.3. The molecule has 0 aliphatic heterocycles. The standard InChI is InChI=1S/C30H34O2/c1-2-30(13-3-4-14-30)32-29(31)24-10-6-7-21-22(24)8-5-9-23(21)25-16-20-17-26(25)28-19-12-11-18(15-19)27(20)28/h5-12,18-20,25-28H,2-4,13-17H2,1H3. The second-order valence-corrected chi connectivity index (χ2v) is 11.5. The lowest BCUT2D eigenvalue weighted by Crippen LogP contribution is -2.31. The highest BCUT2D eigenvalue weighted by Crippen LogP contribution is 2.69. The smallest absolute Gasteiger partial charge is 0.339 e. The molecule has 7 unspecified atom stereocenters. The summed E-state index contributed by atoms with van der Waals surface area (Å²) in [5.74, 6) is 5.84. The Labute approximate surface area is 191 Å². The molecule has 0 amide bonds. The Morgan fingerprint density at radius 1 is 0.938 bits per heavy atom. The van der Waals surface area contributed by atoms with Gasteiger partial charge in [-0.05, 0) is 115 Å². The summed E-state index contributed by atoms with van der Waals surface area (Å²) in [6.07, 6.45) is 14.5. The molecule has 0 spiro atoms. The van der Waals surface area contributed by atoms with Gasteiger partial charge in [-0.1, -0.05) is 49.4 Å². The number of hydrogen-bond acceptors (Lipinski definition) is 2.